The molecular weight excluding hydrogens is 240 g/mol. The monoisotopic (exact) mass is 264 g/mol. The molecule has 0 aliphatic heterocycles. The Balaban J connectivity index is 2.81. The van der Waals surface area contributed by atoms with Crippen molar-refractivity contribution in [2.75, 3.05) is 38.7 Å². The molecule has 0 spiro atoms. The summed E-state index contributed by atoms with van der Waals surface area (Å²) in [5, 5.41) is 3.23. The van der Waals surface area contributed by atoms with E-state index in [1.165, 1.54) is 0 Å². The number of nitrogens with one attached hydrogen (secondary N) is 1. The number of carbonyl (C=O) groups excluding carboxylic acids is 1. The number of hydrogen-bond acceptors (Lipinski definition) is 3. The Kier molecular flexibility index (Phi) is 6.36. The van der Waals surface area contributed by atoms with E-state index in [4.69, 9.17) is 4.74 Å². The normalized spacial score (nSPS) is 10.3. The third-order valence-electron chi connectivity index (χ3n) is 2.89. The summed E-state index contributed by atoms with van der Waals surface area (Å²) < 4.78 is 5.28. The van der Waals surface area contributed by atoms with Crippen molar-refractivity contribution in [1.29, 1.82) is 0 Å². The Hall–Kier alpha value is -1.55. The molecule has 0 saturated carbocycles. The van der Waals surface area contributed by atoms with Crippen LogP contribution in [0, 0.1) is 6.92 Å². The van der Waals surface area contributed by atoms with Crippen LogP contribution in [0.25, 0.3) is 0 Å². The van der Waals surface area contributed by atoms with Gasteiger partial charge in [-0.25, -0.2) is 0 Å². The first kappa shape index (κ1) is 15.5. The van der Waals surface area contributed by atoms with Gasteiger partial charge in [-0.15, -0.1) is 0 Å². The van der Waals surface area contributed by atoms with Crippen LogP contribution in [-0.4, -0.2) is 44.2 Å². The summed E-state index contributed by atoms with van der Waals surface area (Å²) in [6.07, 6.45) is 0. The standard InChI is InChI=1S/C15H24N2O2/c1-5-16-14-8-7-12(3)11-13(14)15(18)17(4)9-10-19-6-2/h7-8,11,16H,5-6,9-10H2,1-4H3. The number of anilines is 1. The summed E-state index contributed by atoms with van der Waals surface area (Å²) in [4.78, 5) is 14.1. The molecule has 106 valence electrons. The predicted molar refractivity (Wildman–Crippen MR) is 78.8 cm³/mol. The molecule has 0 aromatic heterocycles. The van der Waals surface area contributed by atoms with E-state index in [0.717, 1.165) is 23.4 Å². The van der Waals surface area contributed by atoms with Gasteiger partial charge in [0.2, 0.25) is 0 Å². The van der Waals surface area contributed by atoms with Gasteiger partial charge in [0, 0.05) is 32.4 Å². The number of carbonyl (C=O) groups is 1. The molecule has 1 rings (SSSR count). The average molecular weight is 264 g/mol. The fraction of sp³-hybridized carbons (Fsp3) is 0.533. The maximum absolute atomic E-state index is 12.4. The summed E-state index contributed by atoms with van der Waals surface area (Å²) in [6, 6.07) is 5.90. The Morgan fingerprint density at radius 2 is 2.11 bits per heavy atom. The zero-order valence-electron chi connectivity index (χ0n) is 12.3. The van der Waals surface area contributed by atoms with Crippen LogP contribution in [0.1, 0.15) is 29.8 Å². The van der Waals surface area contributed by atoms with Gasteiger partial charge in [-0.1, -0.05) is 11.6 Å². The highest BCUT2D eigenvalue weighted by atomic mass is 16.5. The van der Waals surface area contributed by atoms with E-state index < -0.39 is 0 Å². The van der Waals surface area contributed by atoms with Crippen LogP contribution < -0.4 is 5.32 Å². The van der Waals surface area contributed by atoms with Crippen molar-refractivity contribution in [1.82, 2.24) is 4.90 Å². The van der Waals surface area contributed by atoms with Crippen LogP contribution in [0.3, 0.4) is 0 Å². The van der Waals surface area contributed by atoms with Gasteiger partial charge in [-0.3, -0.25) is 4.79 Å². The van der Waals surface area contributed by atoms with E-state index in [0.29, 0.717) is 19.8 Å². The predicted octanol–water partition coefficient (Wildman–Crippen LogP) is 2.54. The molecule has 1 aromatic carbocycles. The molecule has 1 N–H and O–H groups in total. The smallest absolute Gasteiger partial charge is 0.255 e. The third kappa shape index (κ3) is 4.56. The van der Waals surface area contributed by atoms with Crippen molar-refractivity contribution >= 4 is 11.6 Å². The zero-order valence-corrected chi connectivity index (χ0v) is 12.3. The molecular formula is C15H24N2O2. The van der Waals surface area contributed by atoms with Crippen LogP contribution >= 0.6 is 0 Å². The molecule has 0 unspecified atom stereocenters. The summed E-state index contributed by atoms with van der Waals surface area (Å²) in [5.41, 5.74) is 2.70. The third-order valence-corrected chi connectivity index (χ3v) is 2.89. The molecule has 0 aliphatic rings. The highest BCUT2D eigenvalue weighted by Gasteiger charge is 2.15. The highest BCUT2D eigenvalue weighted by Crippen LogP contribution is 2.18. The number of aryl methyl sites for hydroxylation is 1. The number of rotatable bonds is 7. The molecule has 0 aliphatic carbocycles. The minimum absolute atomic E-state index is 0.0272. The molecule has 0 radical (unpaired) electrons. The lowest BCUT2D eigenvalue weighted by Crippen LogP contribution is -2.30. The van der Waals surface area contributed by atoms with E-state index in [-0.39, 0.29) is 5.91 Å². The molecule has 4 nitrogen and oxygen atoms in total. The summed E-state index contributed by atoms with van der Waals surface area (Å²) in [6.45, 7) is 8.61. The summed E-state index contributed by atoms with van der Waals surface area (Å²) in [5.74, 6) is 0.0272. The van der Waals surface area contributed by atoms with Crippen LogP contribution in [0.5, 0.6) is 0 Å². The Morgan fingerprint density at radius 1 is 1.37 bits per heavy atom. The second-order valence-corrected chi connectivity index (χ2v) is 4.50. The van der Waals surface area contributed by atoms with E-state index >= 15 is 0 Å². The number of nitrogens with zero attached hydrogens (tertiary/aromatic N) is 1. The van der Waals surface area contributed by atoms with E-state index in [2.05, 4.69) is 5.32 Å². The number of likely N-dealkylation sites (N-methyl/N-ethyl adjacent to an activating group) is 1. The number of benzene rings is 1. The fourth-order valence-electron chi connectivity index (χ4n) is 1.83. The number of hydrogen-bond donors (Lipinski definition) is 1. The van der Waals surface area contributed by atoms with Gasteiger partial charge in [-0.2, -0.15) is 0 Å². The molecule has 4 heteroatoms. The molecule has 0 heterocycles. The summed E-state index contributed by atoms with van der Waals surface area (Å²) in [7, 11) is 1.80. The topological polar surface area (TPSA) is 41.6 Å². The minimum atomic E-state index is 0.0272. The summed E-state index contributed by atoms with van der Waals surface area (Å²) >= 11 is 0. The molecule has 1 amide bonds. The average Bonchev–Trinajstić information content (AvgIpc) is 2.40. The Labute approximate surface area is 115 Å². The first-order valence-corrected chi connectivity index (χ1v) is 6.77. The lowest BCUT2D eigenvalue weighted by molar-refractivity contribution is 0.0710. The van der Waals surface area contributed by atoms with Crippen LogP contribution in [0.15, 0.2) is 18.2 Å². The maximum Gasteiger partial charge on any atom is 0.255 e. The van der Waals surface area contributed by atoms with Gasteiger partial charge in [0.05, 0.1) is 12.2 Å². The number of amides is 1. The maximum atomic E-state index is 12.4. The largest absolute Gasteiger partial charge is 0.385 e. The molecule has 0 saturated heterocycles. The highest BCUT2D eigenvalue weighted by molar-refractivity contribution is 5.99. The van der Waals surface area contributed by atoms with Gasteiger partial charge < -0.3 is 15.0 Å². The second-order valence-electron chi connectivity index (χ2n) is 4.50. The van der Waals surface area contributed by atoms with Gasteiger partial charge in [0.1, 0.15) is 0 Å². The molecule has 0 atom stereocenters. The van der Waals surface area contributed by atoms with Crippen LogP contribution in [0.2, 0.25) is 0 Å². The Bertz CT molecular complexity index is 419. The van der Waals surface area contributed by atoms with Crippen molar-refractivity contribution in [3.63, 3.8) is 0 Å². The molecule has 1 aromatic rings. The van der Waals surface area contributed by atoms with Crippen molar-refractivity contribution in [3.8, 4) is 0 Å². The van der Waals surface area contributed by atoms with E-state index in [9.17, 15) is 4.79 Å². The van der Waals surface area contributed by atoms with E-state index in [1.54, 1.807) is 11.9 Å². The first-order chi connectivity index (χ1) is 9.10. The van der Waals surface area contributed by atoms with Crippen molar-refractivity contribution in [2.45, 2.75) is 20.8 Å². The van der Waals surface area contributed by atoms with Crippen molar-refractivity contribution in [2.24, 2.45) is 0 Å². The quantitative estimate of drug-likeness (QED) is 0.769. The van der Waals surface area contributed by atoms with Crippen LogP contribution in [0.4, 0.5) is 5.69 Å². The lowest BCUT2D eigenvalue weighted by atomic mass is 10.1. The van der Waals surface area contributed by atoms with Crippen molar-refractivity contribution in [3.05, 3.63) is 29.3 Å². The lowest BCUT2D eigenvalue weighted by Gasteiger charge is -2.19. The minimum Gasteiger partial charge on any atom is -0.385 e. The fourth-order valence-corrected chi connectivity index (χ4v) is 1.83. The Morgan fingerprint density at radius 3 is 2.74 bits per heavy atom. The van der Waals surface area contributed by atoms with Gasteiger partial charge >= 0.3 is 0 Å². The SMILES string of the molecule is CCNc1ccc(C)cc1C(=O)N(C)CCOCC. The molecule has 19 heavy (non-hydrogen) atoms. The van der Waals surface area contributed by atoms with E-state index in [1.807, 2.05) is 39.0 Å². The van der Waals surface area contributed by atoms with Gasteiger partial charge in [-0.05, 0) is 32.9 Å². The first-order valence-electron chi connectivity index (χ1n) is 6.77. The van der Waals surface area contributed by atoms with Gasteiger partial charge in [0.25, 0.3) is 5.91 Å². The second kappa shape index (κ2) is 7.79. The number of ether oxygens (including phenoxy) is 1. The molecule has 0 bridgehead atoms. The van der Waals surface area contributed by atoms with Crippen molar-refractivity contribution < 1.29 is 9.53 Å². The zero-order chi connectivity index (χ0) is 14.3. The molecule has 0 fully saturated rings. The van der Waals surface area contributed by atoms with Gasteiger partial charge in [0.15, 0.2) is 0 Å². The van der Waals surface area contributed by atoms with Crippen LogP contribution in [-0.2, 0) is 4.74 Å².